The van der Waals surface area contributed by atoms with Gasteiger partial charge in [-0.1, -0.05) is 36.4 Å². The number of aromatic nitrogens is 1. The molecule has 0 N–H and O–H groups in total. The van der Waals surface area contributed by atoms with Crippen LogP contribution in [0, 0.1) is 0 Å². The Kier molecular flexibility index (Phi) is 4.73. The molecule has 2 aliphatic rings. The molecule has 4 aromatic rings. The van der Waals surface area contributed by atoms with E-state index in [2.05, 4.69) is 106 Å². The van der Waals surface area contributed by atoms with Gasteiger partial charge in [-0.15, -0.1) is 0 Å². The topological polar surface area (TPSA) is 31.8 Å². The van der Waals surface area contributed by atoms with Gasteiger partial charge in [-0.2, -0.15) is 0 Å². The maximum atomic E-state index is 6.28. The molecule has 0 saturated carbocycles. The van der Waals surface area contributed by atoms with Crippen molar-refractivity contribution in [2.45, 2.75) is 6.61 Å². The van der Waals surface area contributed by atoms with E-state index in [0.717, 1.165) is 52.0 Å². The standard InChI is InChI=1S/C28H24N4O/c1-30-15-16-31(20-30)23-12-13-28-27(18-23)32(26-11-3-2-7-22(26)19-33-28)24-9-6-8-21(17-24)25-10-4-5-14-29-25/h2-18H,19-20H2,1H3. The van der Waals surface area contributed by atoms with E-state index >= 15 is 0 Å². The lowest BCUT2D eigenvalue weighted by atomic mass is 10.1. The summed E-state index contributed by atoms with van der Waals surface area (Å²) in [6.45, 7) is 1.36. The van der Waals surface area contributed by atoms with Crippen LogP contribution in [0.15, 0.2) is 104 Å². The summed E-state index contributed by atoms with van der Waals surface area (Å²) in [7, 11) is 2.08. The molecule has 0 spiro atoms. The van der Waals surface area contributed by atoms with Crippen LogP contribution in [0.5, 0.6) is 5.75 Å². The SMILES string of the molecule is CN1C=CN(c2ccc3c(c2)N(c2cccc(-c4ccccn4)c2)c2ccccc2CO3)C1. The van der Waals surface area contributed by atoms with E-state index in [-0.39, 0.29) is 0 Å². The highest BCUT2D eigenvalue weighted by Crippen LogP contribution is 2.46. The fourth-order valence-corrected chi connectivity index (χ4v) is 4.43. The Morgan fingerprint density at radius 1 is 0.788 bits per heavy atom. The quantitative estimate of drug-likeness (QED) is 0.380. The third-order valence-corrected chi connectivity index (χ3v) is 6.07. The summed E-state index contributed by atoms with van der Waals surface area (Å²) >= 11 is 0. The first-order valence-electron chi connectivity index (χ1n) is 11.1. The minimum atomic E-state index is 0.533. The maximum Gasteiger partial charge on any atom is 0.143 e. The Balaban J connectivity index is 1.52. The van der Waals surface area contributed by atoms with Crippen LogP contribution in [-0.2, 0) is 6.61 Å². The van der Waals surface area contributed by atoms with Gasteiger partial charge < -0.3 is 19.4 Å². The second kappa shape index (κ2) is 8.02. The van der Waals surface area contributed by atoms with Crippen LogP contribution >= 0.6 is 0 Å². The van der Waals surface area contributed by atoms with Crippen LogP contribution in [0.3, 0.4) is 0 Å². The number of rotatable bonds is 3. The van der Waals surface area contributed by atoms with Gasteiger partial charge in [0, 0.05) is 48.1 Å². The molecule has 0 amide bonds. The van der Waals surface area contributed by atoms with Crippen molar-refractivity contribution >= 4 is 22.7 Å². The van der Waals surface area contributed by atoms with Crippen molar-refractivity contribution in [3.8, 4) is 17.0 Å². The molecule has 0 unspecified atom stereocenters. The molecule has 3 heterocycles. The molecule has 0 bridgehead atoms. The van der Waals surface area contributed by atoms with Crippen molar-refractivity contribution in [1.82, 2.24) is 9.88 Å². The Labute approximate surface area is 193 Å². The first-order valence-corrected chi connectivity index (χ1v) is 11.1. The highest BCUT2D eigenvalue weighted by molar-refractivity contribution is 5.86. The maximum absolute atomic E-state index is 6.28. The molecule has 0 atom stereocenters. The Morgan fingerprint density at radius 2 is 1.70 bits per heavy atom. The third-order valence-electron chi connectivity index (χ3n) is 6.07. The summed E-state index contributed by atoms with van der Waals surface area (Å²) in [6.07, 6.45) is 6.03. The van der Waals surface area contributed by atoms with Crippen molar-refractivity contribution in [3.05, 3.63) is 109 Å². The Morgan fingerprint density at radius 3 is 2.55 bits per heavy atom. The van der Waals surface area contributed by atoms with Crippen molar-refractivity contribution < 1.29 is 4.74 Å². The first-order chi connectivity index (χ1) is 16.3. The smallest absolute Gasteiger partial charge is 0.143 e. The van der Waals surface area contributed by atoms with E-state index in [4.69, 9.17) is 4.74 Å². The molecular formula is C28H24N4O. The lowest BCUT2D eigenvalue weighted by molar-refractivity contribution is 0.310. The van der Waals surface area contributed by atoms with Crippen molar-refractivity contribution in [1.29, 1.82) is 0 Å². The van der Waals surface area contributed by atoms with E-state index in [9.17, 15) is 0 Å². The molecule has 162 valence electrons. The second-order valence-corrected chi connectivity index (χ2v) is 8.34. The normalized spacial score (nSPS) is 14.5. The van der Waals surface area contributed by atoms with Gasteiger partial charge in [0.15, 0.2) is 0 Å². The van der Waals surface area contributed by atoms with Gasteiger partial charge in [0.25, 0.3) is 0 Å². The monoisotopic (exact) mass is 432 g/mol. The van der Waals surface area contributed by atoms with Gasteiger partial charge in [-0.05, 0) is 48.5 Å². The van der Waals surface area contributed by atoms with E-state index < -0.39 is 0 Å². The molecule has 5 nitrogen and oxygen atoms in total. The van der Waals surface area contributed by atoms with Gasteiger partial charge in [0.2, 0.25) is 0 Å². The van der Waals surface area contributed by atoms with Crippen LogP contribution in [-0.4, -0.2) is 23.6 Å². The number of nitrogens with zero attached hydrogens (tertiary/aromatic N) is 4. The molecule has 33 heavy (non-hydrogen) atoms. The molecule has 0 fully saturated rings. The number of para-hydroxylation sites is 1. The number of anilines is 4. The molecule has 1 aromatic heterocycles. The number of benzene rings is 3. The molecular weight excluding hydrogens is 408 g/mol. The molecule has 0 saturated heterocycles. The van der Waals surface area contributed by atoms with E-state index in [1.54, 1.807) is 0 Å². The van der Waals surface area contributed by atoms with Gasteiger partial charge in [-0.3, -0.25) is 4.98 Å². The lowest BCUT2D eigenvalue weighted by Crippen LogP contribution is -2.22. The van der Waals surface area contributed by atoms with Crippen LogP contribution < -0.4 is 14.5 Å². The van der Waals surface area contributed by atoms with Crippen molar-refractivity contribution in [2.75, 3.05) is 23.5 Å². The molecule has 0 aliphatic carbocycles. The second-order valence-electron chi connectivity index (χ2n) is 8.34. The molecule has 6 rings (SSSR count). The van der Waals surface area contributed by atoms with Crippen LogP contribution in [0.2, 0.25) is 0 Å². The minimum Gasteiger partial charge on any atom is -0.487 e. The molecule has 0 radical (unpaired) electrons. The first kappa shape index (κ1) is 19.4. The molecule has 5 heteroatoms. The summed E-state index contributed by atoms with van der Waals surface area (Å²) in [4.78, 5) is 11.3. The fourth-order valence-electron chi connectivity index (χ4n) is 4.43. The van der Waals surface area contributed by atoms with E-state index in [1.165, 1.54) is 0 Å². The predicted octanol–water partition coefficient (Wildman–Crippen LogP) is 6.29. The Bertz CT molecular complexity index is 1330. The fraction of sp³-hybridized carbons (Fsp3) is 0.107. The highest BCUT2D eigenvalue weighted by atomic mass is 16.5. The van der Waals surface area contributed by atoms with Gasteiger partial charge in [0.1, 0.15) is 12.4 Å². The summed E-state index contributed by atoms with van der Waals surface area (Å²) < 4.78 is 6.28. The molecule has 2 aliphatic heterocycles. The zero-order chi connectivity index (χ0) is 22.2. The van der Waals surface area contributed by atoms with Crippen LogP contribution in [0.4, 0.5) is 22.7 Å². The minimum absolute atomic E-state index is 0.533. The lowest BCUT2D eigenvalue weighted by Gasteiger charge is -2.28. The summed E-state index contributed by atoms with van der Waals surface area (Å²) in [6, 6.07) is 29.4. The van der Waals surface area contributed by atoms with E-state index in [1.807, 2.05) is 24.4 Å². The summed E-state index contributed by atoms with van der Waals surface area (Å²) in [5.41, 5.74) is 7.54. The van der Waals surface area contributed by atoms with Crippen LogP contribution in [0.1, 0.15) is 5.56 Å². The van der Waals surface area contributed by atoms with Gasteiger partial charge >= 0.3 is 0 Å². The number of hydrogen-bond acceptors (Lipinski definition) is 5. The summed E-state index contributed by atoms with van der Waals surface area (Å²) in [5.74, 6) is 0.870. The van der Waals surface area contributed by atoms with Crippen LogP contribution in [0.25, 0.3) is 11.3 Å². The largest absolute Gasteiger partial charge is 0.487 e. The van der Waals surface area contributed by atoms with Gasteiger partial charge in [0.05, 0.1) is 23.7 Å². The summed E-state index contributed by atoms with van der Waals surface area (Å²) in [5, 5.41) is 0. The number of hydrogen-bond donors (Lipinski definition) is 0. The predicted molar refractivity (Wildman–Crippen MR) is 133 cm³/mol. The average molecular weight is 433 g/mol. The van der Waals surface area contributed by atoms with Crippen molar-refractivity contribution in [2.24, 2.45) is 0 Å². The Hall–Kier alpha value is -4.25. The number of pyridine rings is 1. The zero-order valence-corrected chi connectivity index (χ0v) is 18.4. The van der Waals surface area contributed by atoms with Crippen molar-refractivity contribution in [3.63, 3.8) is 0 Å². The number of ether oxygens (including phenoxy) is 1. The van der Waals surface area contributed by atoms with E-state index in [0.29, 0.717) is 6.61 Å². The van der Waals surface area contributed by atoms with Gasteiger partial charge in [-0.25, -0.2) is 0 Å². The average Bonchev–Trinajstić information content (AvgIpc) is 3.23. The molecule has 3 aromatic carbocycles. The third kappa shape index (κ3) is 3.57. The highest BCUT2D eigenvalue weighted by Gasteiger charge is 2.25. The number of fused-ring (bicyclic) bond motifs is 2. The zero-order valence-electron chi connectivity index (χ0n) is 18.4.